The van der Waals surface area contributed by atoms with Gasteiger partial charge in [-0.3, -0.25) is 4.79 Å². The third-order valence-corrected chi connectivity index (χ3v) is 3.28. The zero-order valence-corrected chi connectivity index (χ0v) is 8.31. The highest BCUT2D eigenvalue weighted by atomic mass is 16.1. The lowest BCUT2D eigenvalue weighted by molar-refractivity contribution is -0.132. The fraction of sp³-hybridized carbons (Fsp3) is 0.909. The molecule has 0 N–H and O–H groups in total. The molecule has 0 aromatic rings. The number of rotatable bonds is 2. The summed E-state index contributed by atoms with van der Waals surface area (Å²) in [6, 6.07) is 0. The van der Waals surface area contributed by atoms with Crippen LogP contribution in [0.5, 0.6) is 0 Å². The molecule has 0 unspecified atom stereocenters. The summed E-state index contributed by atoms with van der Waals surface area (Å²) in [4.78, 5) is 12.0. The van der Waals surface area contributed by atoms with Crippen LogP contribution < -0.4 is 0 Å². The smallest absolute Gasteiger partial charge is 0.144 e. The number of ketones is 1. The van der Waals surface area contributed by atoms with Crippen LogP contribution >= 0.6 is 0 Å². The van der Waals surface area contributed by atoms with Crippen molar-refractivity contribution in [1.82, 2.24) is 0 Å². The summed E-state index contributed by atoms with van der Waals surface area (Å²) in [6.45, 7) is 6.16. The Bertz CT molecular complexity index is 214. The monoisotopic (exact) mass is 166 g/mol. The van der Waals surface area contributed by atoms with Crippen LogP contribution in [0.15, 0.2) is 0 Å². The fourth-order valence-corrected chi connectivity index (χ4v) is 2.34. The van der Waals surface area contributed by atoms with Crippen LogP contribution in [0.2, 0.25) is 0 Å². The van der Waals surface area contributed by atoms with E-state index in [9.17, 15) is 4.79 Å². The average molecular weight is 166 g/mol. The molecular formula is C11H18O. The molecule has 2 aliphatic rings. The minimum absolute atomic E-state index is 0.112. The van der Waals surface area contributed by atoms with E-state index in [1.54, 1.807) is 0 Å². The van der Waals surface area contributed by atoms with Gasteiger partial charge >= 0.3 is 0 Å². The predicted octanol–water partition coefficient (Wildman–Crippen LogP) is 2.79. The lowest BCUT2D eigenvalue weighted by Crippen LogP contribution is -2.30. The molecule has 1 nitrogen and oxygen atoms in total. The van der Waals surface area contributed by atoms with E-state index in [-0.39, 0.29) is 10.8 Å². The Morgan fingerprint density at radius 2 is 1.75 bits per heavy atom. The first-order valence-electron chi connectivity index (χ1n) is 5.02. The standard InChI is InChI=1S/C11H18O/c1-10(2,3)9(12)11(6-7-11)8-4-5-8/h8H,4-7H2,1-3H3. The van der Waals surface area contributed by atoms with E-state index in [2.05, 4.69) is 20.8 Å². The van der Waals surface area contributed by atoms with Gasteiger partial charge in [-0.2, -0.15) is 0 Å². The van der Waals surface area contributed by atoms with E-state index < -0.39 is 0 Å². The summed E-state index contributed by atoms with van der Waals surface area (Å²) in [5, 5.41) is 0. The number of Topliss-reactive ketones (excluding diaryl/α,β-unsaturated/α-hetero) is 1. The van der Waals surface area contributed by atoms with Crippen molar-refractivity contribution < 1.29 is 4.79 Å². The minimum Gasteiger partial charge on any atom is -0.298 e. The molecule has 0 bridgehead atoms. The first kappa shape index (κ1) is 8.28. The molecule has 0 amide bonds. The highest BCUT2D eigenvalue weighted by molar-refractivity contribution is 5.92. The van der Waals surface area contributed by atoms with Gasteiger partial charge in [0.1, 0.15) is 5.78 Å². The van der Waals surface area contributed by atoms with Crippen molar-refractivity contribution in [2.75, 3.05) is 0 Å². The number of hydrogen-bond acceptors (Lipinski definition) is 1. The maximum Gasteiger partial charge on any atom is 0.144 e. The number of carbonyl (C=O) groups is 1. The molecule has 0 atom stereocenters. The Kier molecular flexibility index (Phi) is 1.47. The first-order chi connectivity index (χ1) is 5.47. The van der Waals surface area contributed by atoms with Crippen LogP contribution in [0.4, 0.5) is 0 Å². The highest BCUT2D eigenvalue weighted by Crippen LogP contribution is 2.63. The molecule has 12 heavy (non-hydrogen) atoms. The molecular weight excluding hydrogens is 148 g/mol. The van der Waals surface area contributed by atoms with Gasteiger partial charge in [0.05, 0.1) is 0 Å². The molecule has 2 saturated carbocycles. The van der Waals surface area contributed by atoms with Crippen molar-refractivity contribution in [3.05, 3.63) is 0 Å². The van der Waals surface area contributed by atoms with Crippen LogP contribution in [0, 0.1) is 16.7 Å². The average Bonchev–Trinajstić information content (AvgIpc) is 2.78. The molecule has 2 rings (SSSR count). The van der Waals surface area contributed by atoms with Crippen LogP contribution in [0.25, 0.3) is 0 Å². The van der Waals surface area contributed by atoms with E-state index in [0.29, 0.717) is 5.78 Å². The molecule has 2 fully saturated rings. The fourth-order valence-electron chi connectivity index (χ4n) is 2.34. The maximum atomic E-state index is 12.0. The van der Waals surface area contributed by atoms with E-state index in [0.717, 1.165) is 5.92 Å². The SMILES string of the molecule is CC(C)(C)C(=O)C1(C2CC2)CC1. The van der Waals surface area contributed by atoms with E-state index >= 15 is 0 Å². The largest absolute Gasteiger partial charge is 0.298 e. The summed E-state index contributed by atoms with van der Waals surface area (Å²) in [6.07, 6.45) is 4.96. The molecule has 68 valence electrons. The summed E-state index contributed by atoms with van der Waals surface area (Å²) in [5.41, 5.74) is 0.0529. The second kappa shape index (κ2) is 2.12. The van der Waals surface area contributed by atoms with Gasteiger partial charge in [-0.15, -0.1) is 0 Å². The van der Waals surface area contributed by atoms with Gasteiger partial charge in [-0.1, -0.05) is 20.8 Å². The van der Waals surface area contributed by atoms with Crippen LogP contribution in [0.3, 0.4) is 0 Å². The van der Waals surface area contributed by atoms with Crippen LogP contribution in [-0.2, 0) is 4.79 Å². The molecule has 0 aromatic heterocycles. The molecule has 0 radical (unpaired) electrons. The van der Waals surface area contributed by atoms with Crippen molar-refractivity contribution in [3.63, 3.8) is 0 Å². The van der Waals surface area contributed by atoms with Gasteiger partial charge in [0, 0.05) is 10.8 Å². The van der Waals surface area contributed by atoms with Gasteiger partial charge < -0.3 is 0 Å². The van der Waals surface area contributed by atoms with E-state index in [1.165, 1.54) is 25.7 Å². The van der Waals surface area contributed by atoms with Crippen molar-refractivity contribution in [2.24, 2.45) is 16.7 Å². The Morgan fingerprint density at radius 1 is 1.25 bits per heavy atom. The second-order valence-electron chi connectivity index (χ2n) is 5.51. The predicted molar refractivity (Wildman–Crippen MR) is 48.9 cm³/mol. The Balaban J connectivity index is 2.13. The van der Waals surface area contributed by atoms with Gasteiger partial charge in [-0.25, -0.2) is 0 Å². The topological polar surface area (TPSA) is 17.1 Å². The minimum atomic E-state index is -0.112. The Hall–Kier alpha value is -0.330. The van der Waals surface area contributed by atoms with Gasteiger partial charge in [0.15, 0.2) is 0 Å². The van der Waals surface area contributed by atoms with Crippen molar-refractivity contribution >= 4 is 5.78 Å². The highest BCUT2D eigenvalue weighted by Gasteiger charge is 2.60. The third kappa shape index (κ3) is 1.10. The lowest BCUT2D eigenvalue weighted by Gasteiger charge is -2.23. The molecule has 0 saturated heterocycles. The van der Waals surface area contributed by atoms with E-state index in [4.69, 9.17) is 0 Å². The number of carbonyl (C=O) groups excluding carboxylic acids is 1. The summed E-state index contributed by atoms with van der Waals surface area (Å²) < 4.78 is 0. The molecule has 1 heteroatoms. The Morgan fingerprint density at radius 3 is 2.00 bits per heavy atom. The molecule has 2 aliphatic carbocycles. The van der Waals surface area contributed by atoms with E-state index in [1.807, 2.05) is 0 Å². The lowest BCUT2D eigenvalue weighted by atomic mass is 9.78. The van der Waals surface area contributed by atoms with Gasteiger partial charge in [0.2, 0.25) is 0 Å². The van der Waals surface area contributed by atoms with Crippen molar-refractivity contribution in [2.45, 2.75) is 46.5 Å². The maximum absolute atomic E-state index is 12.0. The molecule has 0 heterocycles. The molecule has 0 aliphatic heterocycles. The summed E-state index contributed by atoms with van der Waals surface area (Å²) in [5.74, 6) is 1.29. The quantitative estimate of drug-likeness (QED) is 0.616. The van der Waals surface area contributed by atoms with Crippen LogP contribution in [0.1, 0.15) is 46.5 Å². The third-order valence-electron chi connectivity index (χ3n) is 3.28. The number of hydrogen-bond donors (Lipinski definition) is 0. The van der Waals surface area contributed by atoms with Gasteiger partial charge in [-0.05, 0) is 31.6 Å². The van der Waals surface area contributed by atoms with Crippen LogP contribution in [-0.4, -0.2) is 5.78 Å². The van der Waals surface area contributed by atoms with Crippen molar-refractivity contribution in [3.8, 4) is 0 Å². The van der Waals surface area contributed by atoms with Gasteiger partial charge in [0.25, 0.3) is 0 Å². The second-order valence-corrected chi connectivity index (χ2v) is 5.51. The zero-order valence-electron chi connectivity index (χ0n) is 8.31. The van der Waals surface area contributed by atoms with Crippen molar-refractivity contribution in [1.29, 1.82) is 0 Å². The zero-order chi connectivity index (χ0) is 8.98. The molecule has 0 spiro atoms. The molecule has 0 aromatic carbocycles. The Labute approximate surface area is 74.5 Å². The summed E-state index contributed by atoms with van der Waals surface area (Å²) in [7, 11) is 0. The summed E-state index contributed by atoms with van der Waals surface area (Å²) >= 11 is 0. The first-order valence-corrected chi connectivity index (χ1v) is 5.02. The normalized spacial score (nSPS) is 26.9.